The summed E-state index contributed by atoms with van der Waals surface area (Å²) >= 11 is 0. The molecule has 0 bridgehead atoms. The first-order valence-electron chi connectivity index (χ1n) is 11.1. The molecule has 0 spiro atoms. The Hall–Kier alpha value is -1.58. The molecule has 170 valence electrons. The first-order chi connectivity index (χ1) is 14.2. The summed E-state index contributed by atoms with van der Waals surface area (Å²) in [5.74, 6) is 1.57. The highest BCUT2D eigenvalue weighted by molar-refractivity contribution is 14.0. The molecule has 0 saturated heterocycles. The smallest absolute Gasteiger partial charge is 0.224 e. The van der Waals surface area contributed by atoms with E-state index in [2.05, 4.69) is 20.6 Å². The minimum atomic E-state index is 0. The van der Waals surface area contributed by atoms with Crippen LogP contribution < -0.4 is 15.4 Å². The van der Waals surface area contributed by atoms with Gasteiger partial charge in [-0.2, -0.15) is 0 Å². The molecular formula is C22H38IN5O2. The van der Waals surface area contributed by atoms with E-state index in [9.17, 15) is 4.79 Å². The summed E-state index contributed by atoms with van der Waals surface area (Å²) in [5.41, 5.74) is 1.03. The van der Waals surface area contributed by atoms with Gasteiger partial charge in [0.2, 0.25) is 11.8 Å². The van der Waals surface area contributed by atoms with Gasteiger partial charge in [-0.1, -0.05) is 12.5 Å². The number of nitrogens with one attached hydrogen (secondary N) is 2. The van der Waals surface area contributed by atoms with E-state index >= 15 is 0 Å². The number of halogens is 1. The molecule has 1 aromatic heterocycles. The Bertz CT molecular complexity index is 629. The molecule has 7 nitrogen and oxygen atoms in total. The van der Waals surface area contributed by atoms with Crippen LogP contribution >= 0.6 is 24.0 Å². The lowest BCUT2D eigenvalue weighted by Crippen LogP contribution is -2.40. The van der Waals surface area contributed by atoms with Crippen molar-refractivity contribution in [1.29, 1.82) is 0 Å². The third-order valence-electron chi connectivity index (χ3n) is 5.15. The molecule has 1 aliphatic carbocycles. The SMILES string of the molecule is CCNC(=NCc1ccc(OC2CCCCC2)nc1)NCCC(=O)N(CC)CC.I. The van der Waals surface area contributed by atoms with Crippen molar-refractivity contribution in [3.63, 3.8) is 0 Å². The number of hydrogen-bond donors (Lipinski definition) is 2. The fraction of sp³-hybridized carbons (Fsp3) is 0.682. The minimum Gasteiger partial charge on any atom is -0.474 e. The van der Waals surface area contributed by atoms with Crippen molar-refractivity contribution in [2.45, 2.75) is 71.9 Å². The summed E-state index contributed by atoms with van der Waals surface area (Å²) in [6.45, 7) is 9.37. The van der Waals surface area contributed by atoms with Crippen LogP contribution in [0.3, 0.4) is 0 Å². The van der Waals surface area contributed by atoms with E-state index in [-0.39, 0.29) is 29.9 Å². The highest BCUT2D eigenvalue weighted by Crippen LogP contribution is 2.22. The van der Waals surface area contributed by atoms with Gasteiger partial charge in [-0.15, -0.1) is 24.0 Å². The van der Waals surface area contributed by atoms with Crippen LogP contribution in [0.4, 0.5) is 0 Å². The highest BCUT2D eigenvalue weighted by atomic mass is 127. The Morgan fingerprint density at radius 1 is 1.17 bits per heavy atom. The van der Waals surface area contributed by atoms with Gasteiger partial charge in [-0.25, -0.2) is 9.98 Å². The predicted octanol–water partition coefficient (Wildman–Crippen LogP) is 3.72. The average molecular weight is 531 g/mol. The van der Waals surface area contributed by atoms with Crippen LogP contribution in [0, 0.1) is 0 Å². The zero-order chi connectivity index (χ0) is 20.9. The van der Waals surface area contributed by atoms with Crippen LogP contribution in [-0.4, -0.2) is 54.0 Å². The molecule has 2 rings (SSSR count). The minimum absolute atomic E-state index is 0. The first-order valence-corrected chi connectivity index (χ1v) is 11.1. The van der Waals surface area contributed by atoms with Gasteiger partial charge in [0.25, 0.3) is 0 Å². The third kappa shape index (κ3) is 9.49. The summed E-state index contributed by atoms with van der Waals surface area (Å²) in [6.07, 6.45) is 8.66. The van der Waals surface area contributed by atoms with E-state index in [1.807, 2.05) is 44.0 Å². The van der Waals surface area contributed by atoms with Gasteiger partial charge >= 0.3 is 0 Å². The standard InChI is InChI=1S/C22H37N5O2.HI/c1-4-23-22(24-15-14-21(28)27(5-2)6-3)26-17-18-12-13-20(25-16-18)29-19-10-8-7-9-11-19;/h12-13,16,19H,4-11,14-15,17H2,1-3H3,(H2,23,24,26);1H. The molecule has 1 aliphatic rings. The van der Waals surface area contributed by atoms with E-state index in [1.165, 1.54) is 19.3 Å². The lowest BCUT2D eigenvalue weighted by Gasteiger charge is -2.22. The summed E-state index contributed by atoms with van der Waals surface area (Å²) in [4.78, 5) is 23.0. The van der Waals surface area contributed by atoms with Crippen LogP contribution in [-0.2, 0) is 11.3 Å². The average Bonchev–Trinajstić information content (AvgIpc) is 2.74. The van der Waals surface area contributed by atoms with Crippen LogP contribution in [0.15, 0.2) is 23.3 Å². The number of rotatable bonds is 10. The van der Waals surface area contributed by atoms with E-state index in [0.29, 0.717) is 37.5 Å². The molecule has 1 amide bonds. The van der Waals surface area contributed by atoms with Crippen molar-refractivity contribution < 1.29 is 9.53 Å². The number of guanidine groups is 1. The van der Waals surface area contributed by atoms with Crippen molar-refractivity contribution in [3.05, 3.63) is 23.9 Å². The van der Waals surface area contributed by atoms with Crippen molar-refractivity contribution in [2.24, 2.45) is 4.99 Å². The van der Waals surface area contributed by atoms with E-state index in [0.717, 1.165) is 38.0 Å². The number of nitrogens with zero attached hydrogens (tertiary/aromatic N) is 3. The number of aromatic nitrogens is 1. The van der Waals surface area contributed by atoms with Crippen LogP contribution in [0.5, 0.6) is 5.88 Å². The van der Waals surface area contributed by atoms with Gasteiger partial charge in [0.15, 0.2) is 5.96 Å². The van der Waals surface area contributed by atoms with Crippen molar-refractivity contribution in [3.8, 4) is 5.88 Å². The summed E-state index contributed by atoms with van der Waals surface area (Å²) in [6, 6.07) is 3.95. The normalized spacial score (nSPS) is 14.6. The molecule has 0 radical (unpaired) electrons. The molecule has 0 aliphatic heterocycles. The van der Waals surface area contributed by atoms with E-state index < -0.39 is 0 Å². The van der Waals surface area contributed by atoms with Crippen LogP contribution in [0.25, 0.3) is 0 Å². The van der Waals surface area contributed by atoms with Crippen molar-refractivity contribution in [2.75, 3.05) is 26.2 Å². The summed E-state index contributed by atoms with van der Waals surface area (Å²) < 4.78 is 5.98. The second-order valence-corrected chi connectivity index (χ2v) is 7.32. The zero-order valence-electron chi connectivity index (χ0n) is 18.7. The molecule has 0 unspecified atom stereocenters. The maximum atomic E-state index is 12.1. The number of hydrogen-bond acceptors (Lipinski definition) is 4. The molecule has 2 N–H and O–H groups in total. The van der Waals surface area contributed by atoms with Crippen molar-refractivity contribution >= 4 is 35.8 Å². The maximum absolute atomic E-state index is 12.1. The van der Waals surface area contributed by atoms with Gasteiger partial charge in [-0.3, -0.25) is 4.79 Å². The number of pyridine rings is 1. The van der Waals surface area contributed by atoms with Gasteiger partial charge in [0.1, 0.15) is 6.10 Å². The summed E-state index contributed by atoms with van der Waals surface area (Å²) in [5, 5.41) is 6.45. The first kappa shape index (κ1) is 26.5. The Morgan fingerprint density at radius 2 is 1.90 bits per heavy atom. The van der Waals surface area contributed by atoms with Gasteiger partial charge in [0.05, 0.1) is 6.54 Å². The molecule has 1 heterocycles. The van der Waals surface area contributed by atoms with Crippen molar-refractivity contribution in [1.82, 2.24) is 20.5 Å². The lowest BCUT2D eigenvalue weighted by atomic mass is 9.98. The Balaban J connectivity index is 0.00000450. The third-order valence-corrected chi connectivity index (χ3v) is 5.15. The Labute approximate surface area is 198 Å². The molecule has 0 aromatic carbocycles. The van der Waals surface area contributed by atoms with Gasteiger partial charge < -0.3 is 20.3 Å². The number of carbonyl (C=O) groups excluding carboxylic acids is 1. The largest absolute Gasteiger partial charge is 0.474 e. The maximum Gasteiger partial charge on any atom is 0.224 e. The number of ether oxygens (including phenoxy) is 1. The lowest BCUT2D eigenvalue weighted by molar-refractivity contribution is -0.130. The topological polar surface area (TPSA) is 78.9 Å². The van der Waals surface area contributed by atoms with E-state index in [4.69, 9.17) is 4.74 Å². The van der Waals surface area contributed by atoms with Gasteiger partial charge in [-0.05, 0) is 52.0 Å². The molecular weight excluding hydrogens is 493 g/mol. The molecule has 1 fully saturated rings. The fourth-order valence-electron chi connectivity index (χ4n) is 3.46. The highest BCUT2D eigenvalue weighted by Gasteiger charge is 2.15. The molecule has 1 aromatic rings. The monoisotopic (exact) mass is 531 g/mol. The van der Waals surface area contributed by atoms with Gasteiger partial charge in [0, 0.05) is 44.9 Å². The quantitative estimate of drug-likeness (QED) is 0.274. The number of aliphatic imine (C=N–C) groups is 1. The molecule has 1 saturated carbocycles. The fourth-order valence-corrected chi connectivity index (χ4v) is 3.46. The second kappa shape index (κ2) is 15.3. The molecule has 0 atom stereocenters. The van der Waals surface area contributed by atoms with E-state index in [1.54, 1.807) is 0 Å². The zero-order valence-corrected chi connectivity index (χ0v) is 21.0. The predicted molar refractivity (Wildman–Crippen MR) is 133 cm³/mol. The molecule has 30 heavy (non-hydrogen) atoms. The molecule has 8 heteroatoms. The summed E-state index contributed by atoms with van der Waals surface area (Å²) in [7, 11) is 0. The number of carbonyl (C=O) groups is 1. The second-order valence-electron chi connectivity index (χ2n) is 7.32. The van der Waals surface area contributed by atoms with Crippen LogP contribution in [0.1, 0.15) is 64.9 Å². The van der Waals surface area contributed by atoms with Crippen LogP contribution in [0.2, 0.25) is 0 Å². The Kier molecular flexibility index (Phi) is 13.5. The number of amides is 1. The Morgan fingerprint density at radius 3 is 2.50 bits per heavy atom.